The van der Waals surface area contributed by atoms with Crippen LogP contribution in [0.25, 0.3) is 0 Å². The summed E-state index contributed by atoms with van der Waals surface area (Å²) in [6, 6.07) is 14.7. The third kappa shape index (κ3) is 2.19. The van der Waals surface area contributed by atoms with Crippen molar-refractivity contribution in [3.05, 3.63) is 65.5 Å². The molecule has 90 valence electrons. The zero-order valence-electron chi connectivity index (χ0n) is 10.1. The molecule has 0 fully saturated rings. The monoisotopic (exact) mass is 239 g/mol. The van der Waals surface area contributed by atoms with Crippen LogP contribution in [0.5, 0.6) is 0 Å². The molecule has 0 unspecified atom stereocenters. The molecular formula is C16H14FN. The lowest BCUT2D eigenvalue weighted by Crippen LogP contribution is -2.11. The van der Waals surface area contributed by atoms with Gasteiger partial charge in [-0.1, -0.05) is 24.3 Å². The molecule has 0 heterocycles. The molecule has 0 radical (unpaired) electrons. The summed E-state index contributed by atoms with van der Waals surface area (Å²) in [6.45, 7) is 0. The highest BCUT2D eigenvalue weighted by Gasteiger charge is 2.14. The zero-order chi connectivity index (χ0) is 12.4. The van der Waals surface area contributed by atoms with E-state index in [0.29, 0.717) is 0 Å². The average Bonchev–Trinajstić information content (AvgIpc) is 2.42. The van der Waals surface area contributed by atoms with Gasteiger partial charge in [0.2, 0.25) is 0 Å². The summed E-state index contributed by atoms with van der Waals surface area (Å²) >= 11 is 0. The Labute approximate surface area is 106 Å². The molecule has 2 aromatic rings. The van der Waals surface area contributed by atoms with E-state index < -0.39 is 0 Å². The largest absolute Gasteiger partial charge is 0.253 e. The Morgan fingerprint density at radius 1 is 0.889 bits per heavy atom. The predicted octanol–water partition coefficient (Wildman–Crippen LogP) is 4.28. The van der Waals surface area contributed by atoms with Crippen LogP contribution in [0, 0.1) is 5.82 Å². The van der Waals surface area contributed by atoms with Crippen molar-refractivity contribution in [1.82, 2.24) is 0 Å². The molecule has 0 spiro atoms. The van der Waals surface area contributed by atoms with Gasteiger partial charge in [0, 0.05) is 5.71 Å². The summed E-state index contributed by atoms with van der Waals surface area (Å²) < 4.78 is 12.9. The maximum Gasteiger partial charge on any atom is 0.123 e. The molecular weight excluding hydrogens is 225 g/mol. The summed E-state index contributed by atoms with van der Waals surface area (Å²) in [5.74, 6) is -0.219. The molecule has 3 rings (SSSR count). The van der Waals surface area contributed by atoms with Gasteiger partial charge in [0.25, 0.3) is 0 Å². The second kappa shape index (κ2) is 4.73. The van der Waals surface area contributed by atoms with Crippen molar-refractivity contribution >= 4 is 11.4 Å². The highest BCUT2D eigenvalue weighted by atomic mass is 19.1. The predicted molar refractivity (Wildman–Crippen MR) is 72.0 cm³/mol. The summed E-state index contributed by atoms with van der Waals surface area (Å²) in [7, 11) is 0. The highest BCUT2D eigenvalue weighted by molar-refractivity contribution is 6.04. The number of fused-ring (bicyclic) bond motifs is 1. The number of rotatable bonds is 1. The highest BCUT2D eigenvalue weighted by Crippen LogP contribution is 2.24. The van der Waals surface area contributed by atoms with Crippen molar-refractivity contribution in [2.75, 3.05) is 0 Å². The topological polar surface area (TPSA) is 12.4 Å². The molecule has 1 nitrogen and oxygen atoms in total. The first-order valence-corrected chi connectivity index (χ1v) is 6.24. The third-order valence-electron chi connectivity index (χ3n) is 3.28. The molecule has 0 bridgehead atoms. The van der Waals surface area contributed by atoms with Crippen LogP contribution in [0.2, 0.25) is 0 Å². The van der Waals surface area contributed by atoms with Crippen LogP contribution in [0.15, 0.2) is 53.5 Å². The first-order valence-electron chi connectivity index (χ1n) is 6.24. The van der Waals surface area contributed by atoms with E-state index in [-0.39, 0.29) is 5.82 Å². The van der Waals surface area contributed by atoms with Crippen molar-refractivity contribution in [2.45, 2.75) is 19.3 Å². The van der Waals surface area contributed by atoms with Crippen LogP contribution in [0.4, 0.5) is 10.1 Å². The fourth-order valence-electron chi connectivity index (χ4n) is 2.39. The summed E-state index contributed by atoms with van der Waals surface area (Å²) in [5, 5.41) is 0. The number of aryl methyl sites for hydroxylation is 1. The van der Waals surface area contributed by atoms with Gasteiger partial charge in [-0.15, -0.1) is 0 Å². The minimum atomic E-state index is -0.219. The number of benzene rings is 2. The second-order valence-corrected chi connectivity index (χ2v) is 4.55. The summed E-state index contributed by atoms with van der Waals surface area (Å²) in [4.78, 5) is 4.65. The van der Waals surface area contributed by atoms with Crippen LogP contribution in [0.3, 0.4) is 0 Å². The lowest BCUT2D eigenvalue weighted by molar-refractivity contribution is 0.628. The summed E-state index contributed by atoms with van der Waals surface area (Å²) in [5.41, 5.74) is 4.55. The first kappa shape index (κ1) is 11.1. The van der Waals surface area contributed by atoms with E-state index in [0.717, 1.165) is 30.7 Å². The van der Waals surface area contributed by atoms with Gasteiger partial charge in [-0.3, -0.25) is 4.99 Å². The quantitative estimate of drug-likeness (QED) is 0.704. The molecule has 2 aromatic carbocycles. The number of nitrogens with zero attached hydrogens (tertiary/aromatic N) is 1. The SMILES string of the molecule is Fc1ccc(N=C2CCCc3ccccc32)cc1. The van der Waals surface area contributed by atoms with Gasteiger partial charge in [-0.05, 0) is 54.7 Å². The normalized spacial score (nSPS) is 16.6. The van der Waals surface area contributed by atoms with E-state index in [1.807, 2.05) is 6.07 Å². The van der Waals surface area contributed by atoms with E-state index in [9.17, 15) is 4.39 Å². The van der Waals surface area contributed by atoms with Crippen LogP contribution in [0.1, 0.15) is 24.0 Å². The van der Waals surface area contributed by atoms with Gasteiger partial charge in [-0.2, -0.15) is 0 Å². The third-order valence-corrected chi connectivity index (χ3v) is 3.28. The second-order valence-electron chi connectivity index (χ2n) is 4.55. The molecule has 1 aliphatic carbocycles. The number of hydrogen-bond donors (Lipinski definition) is 0. The van der Waals surface area contributed by atoms with Crippen LogP contribution in [-0.2, 0) is 6.42 Å². The Balaban J connectivity index is 2.00. The fraction of sp³-hybridized carbons (Fsp3) is 0.188. The molecule has 0 aromatic heterocycles. The zero-order valence-corrected chi connectivity index (χ0v) is 10.1. The average molecular weight is 239 g/mol. The minimum absolute atomic E-state index is 0.219. The molecule has 0 amide bonds. The van der Waals surface area contributed by atoms with Crippen LogP contribution in [-0.4, -0.2) is 5.71 Å². The Morgan fingerprint density at radius 3 is 2.50 bits per heavy atom. The lowest BCUT2D eigenvalue weighted by atomic mass is 9.90. The van der Waals surface area contributed by atoms with Crippen LogP contribution < -0.4 is 0 Å². The van der Waals surface area contributed by atoms with Crippen molar-refractivity contribution < 1.29 is 4.39 Å². The molecule has 18 heavy (non-hydrogen) atoms. The molecule has 0 N–H and O–H groups in total. The van der Waals surface area contributed by atoms with Gasteiger partial charge in [0.1, 0.15) is 5.82 Å². The first-order chi connectivity index (χ1) is 8.83. The smallest absolute Gasteiger partial charge is 0.123 e. The van der Waals surface area contributed by atoms with Crippen molar-refractivity contribution in [1.29, 1.82) is 0 Å². The number of aliphatic imine (C=N–C) groups is 1. The Morgan fingerprint density at radius 2 is 1.67 bits per heavy atom. The maximum atomic E-state index is 12.9. The molecule has 2 heteroatoms. The van der Waals surface area contributed by atoms with E-state index in [4.69, 9.17) is 0 Å². The lowest BCUT2D eigenvalue weighted by Gasteiger charge is -2.17. The van der Waals surface area contributed by atoms with Gasteiger partial charge < -0.3 is 0 Å². The standard InChI is InChI=1S/C16H14FN/c17-13-8-10-14(11-9-13)18-16-7-3-5-12-4-1-2-6-15(12)16/h1-2,4,6,8-11H,3,5,7H2. The van der Waals surface area contributed by atoms with Crippen molar-refractivity contribution in [3.63, 3.8) is 0 Å². The van der Waals surface area contributed by atoms with Crippen molar-refractivity contribution in [3.8, 4) is 0 Å². The summed E-state index contributed by atoms with van der Waals surface area (Å²) in [6.07, 6.45) is 3.25. The Bertz CT molecular complexity index is 584. The maximum absolute atomic E-state index is 12.9. The Hall–Kier alpha value is -1.96. The van der Waals surface area contributed by atoms with E-state index >= 15 is 0 Å². The van der Waals surface area contributed by atoms with Gasteiger partial charge in [0.15, 0.2) is 0 Å². The van der Waals surface area contributed by atoms with Crippen LogP contribution >= 0.6 is 0 Å². The number of hydrogen-bond acceptors (Lipinski definition) is 1. The van der Waals surface area contributed by atoms with E-state index in [1.54, 1.807) is 12.1 Å². The van der Waals surface area contributed by atoms with Crippen molar-refractivity contribution in [2.24, 2.45) is 4.99 Å². The van der Waals surface area contributed by atoms with E-state index in [2.05, 4.69) is 23.2 Å². The molecule has 0 atom stereocenters. The van der Waals surface area contributed by atoms with Gasteiger partial charge in [-0.25, -0.2) is 4.39 Å². The van der Waals surface area contributed by atoms with E-state index in [1.165, 1.54) is 23.3 Å². The van der Waals surface area contributed by atoms with Gasteiger partial charge in [0.05, 0.1) is 5.69 Å². The minimum Gasteiger partial charge on any atom is -0.253 e. The van der Waals surface area contributed by atoms with Gasteiger partial charge >= 0.3 is 0 Å². The number of halogens is 1. The fourth-order valence-corrected chi connectivity index (χ4v) is 2.39. The molecule has 0 aliphatic heterocycles. The molecule has 1 aliphatic rings. The Kier molecular flexibility index (Phi) is 2.93. The molecule has 0 saturated heterocycles. The molecule has 0 saturated carbocycles.